The molecular formula is C16H19F4N3O4. The third-order valence-electron chi connectivity index (χ3n) is 3.77. The fourth-order valence-electron chi connectivity index (χ4n) is 2.56. The highest BCUT2D eigenvalue weighted by Gasteiger charge is 2.32. The average molecular weight is 393 g/mol. The Morgan fingerprint density at radius 2 is 1.93 bits per heavy atom. The smallest absolute Gasteiger partial charge is 0.450 e. The number of carbonyl (C=O) groups excluding carboxylic acids is 2. The summed E-state index contributed by atoms with van der Waals surface area (Å²) in [5.41, 5.74) is -0.0246. The van der Waals surface area contributed by atoms with Gasteiger partial charge in [0.05, 0.1) is 6.61 Å². The summed E-state index contributed by atoms with van der Waals surface area (Å²) in [4.78, 5) is 25.1. The van der Waals surface area contributed by atoms with Crippen molar-refractivity contribution >= 4 is 17.8 Å². The second kappa shape index (κ2) is 8.78. The molecule has 3 amide bonds. The summed E-state index contributed by atoms with van der Waals surface area (Å²) in [6.07, 6.45) is -4.39. The molecule has 0 atom stereocenters. The topological polar surface area (TPSA) is 79.9 Å². The Morgan fingerprint density at radius 3 is 2.48 bits per heavy atom. The molecule has 1 aliphatic rings. The van der Waals surface area contributed by atoms with E-state index in [2.05, 4.69) is 15.4 Å². The normalized spacial score (nSPS) is 15.2. The van der Waals surface area contributed by atoms with E-state index in [4.69, 9.17) is 4.74 Å². The minimum absolute atomic E-state index is 0.0246. The van der Waals surface area contributed by atoms with Crippen LogP contribution in [0.2, 0.25) is 0 Å². The lowest BCUT2D eigenvalue weighted by molar-refractivity contribution is -0.275. The Balaban J connectivity index is 1.83. The number of halogens is 4. The van der Waals surface area contributed by atoms with E-state index in [-0.39, 0.29) is 18.3 Å². The summed E-state index contributed by atoms with van der Waals surface area (Å²) in [5.74, 6) is -2.24. The lowest BCUT2D eigenvalue weighted by Gasteiger charge is -2.31. The maximum absolute atomic E-state index is 13.6. The first kappa shape index (κ1) is 20.6. The number of benzene rings is 1. The highest BCUT2D eigenvalue weighted by molar-refractivity contribution is 5.89. The zero-order chi connectivity index (χ0) is 20.0. The number of anilines is 1. The Bertz CT molecular complexity index is 676. The first-order chi connectivity index (χ1) is 12.7. The Morgan fingerprint density at radius 1 is 1.26 bits per heavy atom. The van der Waals surface area contributed by atoms with E-state index in [9.17, 15) is 27.2 Å². The molecule has 1 heterocycles. The van der Waals surface area contributed by atoms with Crippen LogP contribution in [0.5, 0.6) is 5.75 Å². The molecule has 7 nitrogen and oxygen atoms in total. The third kappa shape index (κ3) is 6.50. The number of nitrogens with one attached hydrogen (secondary N) is 2. The number of carbonyl (C=O) groups is 2. The molecule has 1 saturated heterocycles. The fraction of sp³-hybridized carbons (Fsp3) is 0.500. The maximum Gasteiger partial charge on any atom is 0.573 e. The van der Waals surface area contributed by atoms with Crippen LogP contribution in [-0.4, -0.2) is 49.1 Å². The lowest BCUT2D eigenvalue weighted by atomic mass is 10.1. The van der Waals surface area contributed by atoms with Crippen LogP contribution >= 0.6 is 0 Å². The van der Waals surface area contributed by atoms with Crippen LogP contribution in [0.3, 0.4) is 0 Å². The average Bonchev–Trinajstić information content (AvgIpc) is 2.57. The van der Waals surface area contributed by atoms with E-state index in [1.807, 2.05) is 0 Å². The number of nitrogens with zero attached hydrogens (tertiary/aromatic N) is 1. The number of ether oxygens (including phenoxy) is 2. The van der Waals surface area contributed by atoms with Crippen LogP contribution in [0.1, 0.15) is 19.8 Å². The van der Waals surface area contributed by atoms with Gasteiger partial charge in [-0.1, -0.05) is 0 Å². The molecule has 27 heavy (non-hydrogen) atoms. The first-order valence-electron chi connectivity index (χ1n) is 8.22. The molecule has 0 bridgehead atoms. The fourth-order valence-corrected chi connectivity index (χ4v) is 2.56. The van der Waals surface area contributed by atoms with Crippen molar-refractivity contribution in [1.29, 1.82) is 0 Å². The quantitative estimate of drug-likeness (QED) is 0.768. The summed E-state index contributed by atoms with van der Waals surface area (Å²) in [5, 5.41) is 5.01. The van der Waals surface area contributed by atoms with Gasteiger partial charge in [0.1, 0.15) is 0 Å². The summed E-state index contributed by atoms with van der Waals surface area (Å²) in [6.45, 7) is 2.83. The molecule has 0 aromatic heterocycles. The van der Waals surface area contributed by atoms with Gasteiger partial charge in [0, 0.05) is 30.9 Å². The molecule has 11 heteroatoms. The van der Waals surface area contributed by atoms with Crippen molar-refractivity contribution in [2.75, 3.05) is 25.0 Å². The molecule has 0 saturated carbocycles. The third-order valence-corrected chi connectivity index (χ3v) is 3.77. The van der Waals surface area contributed by atoms with Crippen LogP contribution < -0.4 is 15.4 Å². The van der Waals surface area contributed by atoms with E-state index >= 15 is 0 Å². The number of hydrogen-bond donors (Lipinski definition) is 2. The van der Waals surface area contributed by atoms with E-state index in [1.54, 1.807) is 6.92 Å². The van der Waals surface area contributed by atoms with Crippen molar-refractivity contribution in [3.63, 3.8) is 0 Å². The molecule has 150 valence electrons. The summed E-state index contributed by atoms with van der Waals surface area (Å²) < 4.78 is 58.4. The number of alkyl halides is 3. The van der Waals surface area contributed by atoms with Gasteiger partial charge >= 0.3 is 18.5 Å². The maximum atomic E-state index is 13.6. The van der Waals surface area contributed by atoms with Crippen molar-refractivity contribution in [2.24, 2.45) is 0 Å². The predicted molar refractivity (Wildman–Crippen MR) is 86.9 cm³/mol. The van der Waals surface area contributed by atoms with Crippen LogP contribution in [-0.2, 0) is 4.74 Å². The highest BCUT2D eigenvalue weighted by Crippen LogP contribution is 2.27. The molecule has 1 aliphatic heterocycles. The van der Waals surface area contributed by atoms with Crippen LogP contribution in [0.25, 0.3) is 0 Å². The number of likely N-dealkylation sites (tertiary alicyclic amines) is 1. The lowest BCUT2D eigenvalue weighted by Crippen LogP contribution is -2.47. The van der Waals surface area contributed by atoms with Crippen molar-refractivity contribution in [1.82, 2.24) is 10.2 Å². The molecule has 1 aromatic rings. The molecule has 2 rings (SSSR count). The van der Waals surface area contributed by atoms with Gasteiger partial charge < -0.3 is 25.0 Å². The number of urea groups is 1. The molecule has 0 aliphatic carbocycles. The minimum Gasteiger partial charge on any atom is -0.450 e. The van der Waals surface area contributed by atoms with Gasteiger partial charge in [-0.25, -0.2) is 14.0 Å². The predicted octanol–water partition coefficient (Wildman–Crippen LogP) is 3.47. The van der Waals surface area contributed by atoms with Gasteiger partial charge in [0.25, 0.3) is 0 Å². The molecule has 1 aromatic carbocycles. The van der Waals surface area contributed by atoms with E-state index in [1.165, 1.54) is 4.90 Å². The van der Waals surface area contributed by atoms with Gasteiger partial charge in [0.15, 0.2) is 11.6 Å². The number of amides is 3. The van der Waals surface area contributed by atoms with Crippen molar-refractivity contribution < 1.29 is 36.6 Å². The second-order valence-corrected chi connectivity index (χ2v) is 5.75. The molecular weight excluding hydrogens is 374 g/mol. The molecule has 0 unspecified atom stereocenters. The SMILES string of the molecule is CCOC(=O)N1CCC(NC(=O)Nc2ccc(OC(F)(F)F)c(F)c2)CC1. The monoisotopic (exact) mass is 393 g/mol. The zero-order valence-corrected chi connectivity index (χ0v) is 14.4. The van der Waals surface area contributed by atoms with Crippen LogP contribution in [0.15, 0.2) is 18.2 Å². The largest absolute Gasteiger partial charge is 0.573 e. The molecule has 2 N–H and O–H groups in total. The van der Waals surface area contributed by atoms with Crippen molar-refractivity contribution in [3.8, 4) is 5.75 Å². The number of piperidine rings is 1. The minimum atomic E-state index is -5.01. The van der Waals surface area contributed by atoms with Crippen molar-refractivity contribution in [3.05, 3.63) is 24.0 Å². The molecule has 0 radical (unpaired) electrons. The van der Waals surface area contributed by atoms with Crippen LogP contribution in [0.4, 0.5) is 32.8 Å². The first-order valence-corrected chi connectivity index (χ1v) is 8.22. The van der Waals surface area contributed by atoms with Gasteiger partial charge in [-0.05, 0) is 31.9 Å². The van der Waals surface area contributed by atoms with Crippen molar-refractivity contribution in [2.45, 2.75) is 32.2 Å². The van der Waals surface area contributed by atoms with E-state index in [0.29, 0.717) is 25.9 Å². The second-order valence-electron chi connectivity index (χ2n) is 5.75. The van der Waals surface area contributed by atoms with Gasteiger partial charge in [-0.2, -0.15) is 0 Å². The Labute approximate surface area is 152 Å². The van der Waals surface area contributed by atoms with Crippen LogP contribution in [0, 0.1) is 5.82 Å². The Hall–Kier alpha value is -2.72. The number of rotatable bonds is 4. The van der Waals surface area contributed by atoms with E-state index in [0.717, 1.165) is 18.2 Å². The van der Waals surface area contributed by atoms with Gasteiger partial charge in [-0.3, -0.25) is 0 Å². The standard InChI is InChI=1S/C16H19F4N3O4/c1-2-26-15(25)23-7-5-10(6-8-23)21-14(24)22-11-3-4-13(12(17)9-11)27-16(18,19)20/h3-4,9-10H,2,5-8H2,1H3,(H2,21,22,24). The number of hydrogen-bond acceptors (Lipinski definition) is 4. The van der Waals surface area contributed by atoms with Gasteiger partial charge in [-0.15, -0.1) is 13.2 Å². The summed E-state index contributed by atoms with van der Waals surface area (Å²) in [6, 6.07) is 1.76. The zero-order valence-electron chi connectivity index (χ0n) is 14.4. The molecule has 0 spiro atoms. The summed E-state index contributed by atoms with van der Waals surface area (Å²) >= 11 is 0. The van der Waals surface area contributed by atoms with E-state index < -0.39 is 30.1 Å². The summed E-state index contributed by atoms with van der Waals surface area (Å²) in [7, 11) is 0. The molecule has 1 fully saturated rings. The Kier molecular flexibility index (Phi) is 6.70. The highest BCUT2D eigenvalue weighted by atomic mass is 19.4. The van der Waals surface area contributed by atoms with Gasteiger partial charge in [0.2, 0.25) is 0 Å².